The number of imide groups is 1. The van der Waals surface area contributed by atoms with Crippen molar-refractivity contribution in [3.8, 4) is 11.5 Å². The number of carboxylic acid groups (broad SMARTS) is 1. The SMILES string of the molecule is COc1cccc(/C=C2\C(=O)N(CC(=O)O)C(=O)c3ccccc32)c1OC(C)C. The molecule has 0 saturated carbocycles. The fraction of sp³-hybridized carbons (Fsp3) is 0.227. The van der Waals surface area contributed by atoms with Gasteiger partial charge in [-0.05, 0) is 37.6 Å². The lowest BCUT2D eigenvalue weighted by Crippen LogP contribution is -2.44. The Morgan fingerprint density at radius 2 is 1.76 bits per heavy atom. The highest BCUT2D eigenvalue weighted by Crippen LogP contribution is 2.36. The number of para-hydroxylation sites is 1. The largest absolute Gasteiger partial charge is 0.493 e. The number of aliphatic carboxylic acids is 1. The van der Waals surface area contributed by atoms with E-state index in [9.17, 15) is 14.4 Å². The molecule has 0 radical (unpaired) electrons. The molecule has 0 bridgehead atoms. The van der Waals surface area contributed by atoms with Gasteiger partial charge >= 0.3 is 5.97 Å². The highest BCUT2D eigenvalue weighted by atomic mass is 16.5. The van der Waals surface area contributed by atoms with Crippen molar-refractivity contribution < 1.29 is 29.0 Å². The van der Waals surface area contributed by atoms with Gasteiger partial charge in [0.25, 0.3) is 11.8 Å². The first-order chi connectivity index (χ1) is 13.8. The number of carbonyl (C=O) groups is 3. The Morgan fingerprint density at radius 1 is 1.07 bits per heavy atom. The van der Waals surface area contributed by atoms with Crippen LogP contribution in [0.4, 0.5) is 0 Å². The number of hydrogen-bond acceptors (Lipinski definition) is 5. The minimum atomic E-state index is -1.27. The molecule has 7 heteroatoms. The second-order valence-corrected chi connectivity index (χ2v) is 6.74. The molecule has 2 aromatic carbocycles. The second kappa shape index (κ2) is 8.18. The van der Waals surface area contributed by atoms with Crippen molar-refractivity contribution >= 4 is 29.4 Å². The predicted molar refractivity (Wildman–Crippen MR) is 107 cm³/mol. The fourth-order valence-electron chi connectivity index (χ4n) is 3.15. The van der Waals surface area contributed by atoms with E-state index in [1.807, 2.05) is 13.8 Å². The van der Waals surface area contributed by atoms with Crippen LogP contribution in [-0.2, 0) is 9.59 Å². The third kappa shape index (κ3) is 3.99. The summed E-state index contributed by atoms with van der Waals surface area (Å²) >= 11 is 0. The number of amides is 2. The van der Waals surface area contributed by atoms with Gasteiger partial charge in [0.1, 0.15) is 6.54 Å². The quantitative estimate of drug-likeness (QED) is 0.597. The van der Waals surface area contributed by atoms with Crippen LogP contribution in [0.3, 0.4) is 0 Å². The van der Waals surface area contributed by atoms with Crippen LogP contribution in [0.2, 0.25) is 0 Å². The summed E-state index contributed by atoms with van der Waals surface area (Å²) in [4.78, 5) is 37.6. The molecule has 1 aliphatic rings. The third-order valence-corrected chi connectivity index (χ3v) is 4.34. The molecular formula is C22H21NO6. The van der Waals surface area contributed by atoms with Crippen molar-refractivity contribution in [2.24, 2.45) is 0 Å². The first kappa shape index (κ1) is 20.1. The Morgan fingerprint density at radius 3 is 2.38 bits per heavy atom. The number of hydrogen-bond donors (Lipinski definition) is 1. The van der Waals surface area contributed by atoms with E-state index in [0.717, 1.165) is 4.90 Å². The number of fused-ring (bicyclic) bond motifs is 1. The Balaban J connectivity index is 2.20. The number of rotatable bonds is 6. The van der Waals surface area contributed by atoms with Crippen LogP contribution in [0.5, 0.6) is 11.5 Å². The smallest absolute Gasteiger partial charge is 0.323 e. The fourth-order valence-corrected chi connectivity index (χ4v) is 3.15. The molecule has 2 aromatic rings. The summed E-state index contributed by atoms with van der Waals surface area (Å²) in [5.74, 6) is -1.60. The van der Waals surface area contributed by atoms with Gasteiger partial charge in [-0.15, -0.1) is 0 Å². The van der Waals surface area contributed by atoms with Crippen LogP contribution in [-0.4, -0.2) is 47.5 Å². The standard InChI is InChI=1S/C22H21NO6/c1-13(2)29-20-14(7-6-10-18(20)28-3)11-17-15-8-4-5-9-16(15)21(26)23(22(17)27)12-19(24)25/h4-11,13H,12H2,1-3H3,(H,24,25)/b17-11-. The highest BCUT2D eigenvalue weighted by Gasteiger charge is 2.36. The average Bonchev–Trinajstić information content (AvgIpc) is 2.69. The zero-order valence-electron chi connectivity index (χ0n) is 16.3. The van der Waals surface area contributed by atoms with Crippen molar-refractivity contribution in [3.05, 3.63) is 59.2 Å². The average molecular weight is 395 g/mol. The first-order valence-corrected chi connectivity index (χ1v) is 9.06. The molecule has 0 unspecified atom stereocenters. The summed E-state index contributed by atoms with van der Waals surface area (Å²) in [5.41, 5.74) is 1.51. The zero-order chi connectivity index (χ0) is 21.1. The molecule has 150 valence electrons. The Bertz CT molecular complexity index is 1010. The molecule has 1 N–H and O–H groups in total. The highest BCUT2D eigenvalue weighted by molar-refractivity contribution is 6.34. The van der Waals surface area contributed by atoms with E-state index in [-0.39, 0.29) is 17.2 Å². The van der Waals surface area contributed by atoms with E-state index in [4.69, 9.17) is 14.6 Å². The number of carboxylic acids is 1. The Kier molecular flexibility index (Phi) is 5.68. The van der Waals surface area contributed by atoms with Crippen molar-refractivity contribution in [2.45, 2.75) is 20.0 Å². The number of carbonyl (C=O) groups excluding carboxylic acids is 2. The number of ether oxygens (including phenoxy) is 2. The van der Waals surface area contributed by atoms with Gasteiger partial charge in [-0.1, -0.05) is 30.3 Å². The first-order valence-electron chi connectivity index (χ1n) is 9.06. The van der Waals surface area contributed by atoms with Gasteiger partial charge in [-0.25, -0.2) is 0 Å². The number of nitrogens with zero attached hydrogens (tertiary/aromatic N) is 1. The molecule has 3 rings (SSSR count). The summed E-state index contributed by atoms with van der Waals surface area (Å²) in [6.45, 7) is 3.03. The van der Waals surface area contributed by atoms with Crippen LogP contribution in [0.1, 0.15) is 35.3 Å². The van der Waals surface area contributed by atoms with Gasteiger partial charge in [-0.2, -0.15) is 0 Å². The van der Waals surface area contributed by atoms with E-state index in [2.05, 4.69) is 0 Å². The molecule has 0 aliphatic carbocycles. The van der Waals surface area contributed by atoms with E-state index >= 15 is 0 Å². The van der Waals surface area contributed by atoms with Crippen molar-refractivity contribution in [1.82, 2.24) is 4.90 Å². The topological polar surface area (TPSA) is 93.1 Å². The zero-order valence-corrected chi connectivity index (χ0v) is 16.3. The van der Waals surface area contributed by atoms with Crippen molar-refractivity contribution in [1.29, 1.82) is 0 Å². The molecular weight excluding hydrogens is 374 g/mol. The van der Waals surface area contributed by atoms with Gasteiger partial charge in [0.15, 0.2) is 11.5 Å². The Hall–Kier alpha value is -3.61. The van der Waals surface area contributed by atoms with Crippen LogP contribution in [0, 0.1) is 0 Å². The maximum absolute atomic E-state index is 13.0. The molecule has 1 heterocycles. The monoisotopic (exact) mass is 395 g/mol. The lowest BCUT2D eigenvalue weighted by atomic mass is 9.92. The molecule has 29 heavy (non-hydrogen) atoms. The Labute approximate surface area is 168 Å². The van der Waals surface area contributed by atoms with Gasteiger partial charge in [0.2, 0.25) is 0 Å². The summed E-state index contributed by atoms with van der Waals surface area (Å²) < 4.78 is 11.3. The summed E-state index contributed by atoms with van der Waals surface area (Å²) in [7, 11) is 1.52. The number of methoxy groups -OCH3 is 1. The summed E-state index contributed by atoms with van der Waals surface area (Å²) in [6.07, 6.45) is 1.46. The van der Waals surface area contributed by atoms with Gasteiger partial charge in [0, 0.05) is 16.7 Å². The van der Waals surface area contributed by atoms with Crippen LogP contribution >= 0.6 is 0 Å². The summed E-state index contributed by atoms with van der Waals surface area (Å²) in [6, 6.07) is 11.9. The minimum Gasteiger partial charge on any atom is -0.493 e. The molecule has 0 saturated heterocycles. The van der Waals surface area contributed by atoms with Gasteiger partial charge < -0.3 is 14.6 Å². The maximum Gasteiger partial charge on any atom is 0.323 e. The predicted octanol–water partition coefficient (Wildman–Crippen LogP) is 3.09. The minimum absolute atomic E-state index is 0.136. The van der Waals surface area contributed by atoms with Crippen LogP contribution < -0.4 is 9.47 Å². The summed E-state index contributed by atoms with van der Waals surface area (Å²) in [5, 5.41) is 9.13. The molecule has 0 atom stereocenters. The van der Waals surface area contributed by atoms with Gasteiger partial charge in [0.05, 0.1) is 13.2 Å². The molecule has 2 amide bonds. The van der Waals surface area contributed by atoms with E-state index < -0.39 is 24.3 Å². The van der Waals surface area contributed by atoms with E-state index in [1.165, 1.54) is 7.11 Å². The van der Waals surface area contributed by atoms with Crippen LogP contribution in [0.15, 0.2) is 42.5 Å². The third-order valence-electron chi connectivity index (χ3n) is 4.34. The maximum atomic E-state index is 13.0. The van der Waals surface area contributed by atoms with Crippen LogP contribution in [0.25, 0.3) is 11.6 Å². The normalized spacial score (nSPS) is 14.9. The molecule has 0 spiro atoms. The molecule has 7 nitrogen and oxygen atoms in total. The molecule has 0 aromatic heterocycles. The van der Waals surface area contributed by atoms with Gasteiger partial charge in [-0.3, -0.25) is 19.3 Å². The van der Waals surface area contributed by atoms with E-state index in [0.29, 0.717) is 22.6 Å². The van der Waals surface area contributed by atoms with E-state index in [1.54, 1.807) is 48.5 Å². The lowest BCUT2D eigenvalue weighted by Gasteiger charge is -2.27. The van der Waals surface area contributed by atoms with Crippen molar-refractivity contribution in [3.63, 3.8) is 0 Å². The molecule has 1 aliphatic heterocycles. The number of benzene rings is 2. The second-order valence-electron chi connectivity index (χ2n) is 6.74. The lowest BCUT2D eigenvalue weighted by molar-refractivity contribution is -0.141. The molecule has 0 fully saturated rings. The van der Waals surface area contributed by atoms with Crippen molar-refractivity contribution in [2.75, 3.05) is 13.7 Å².